The van der Waals surface area contributed by atoms with Crippen LogP contribution in [0.4, 0.5) is 0 Å². The number of allylic oxidation sites excluding steroid dienone is 3. The number of methoxy groups -OCH3 is 1. The summed E-state index contributed by atoms with van der Waals surface area (Å²) in [5.41, 5.74) is 2.55. The highest BCUT2D eigenvalue weighted by Crippen LogP contribution is 2.25. The van der Waals surface area contributed by atoms with Crippen LogP contribution in [0.1, 0.15) is 30.6 Å². The number of carbonyl (C=O) groups excluding carboxylic acids is 1. The van der Waals surface area contributed by atoms with Gasteiger partial charge in [-0.2, -0.15) is 0 Å². The second-order valence-electron chi connectivity index (χ2n) is 9.20. The molecule has 0 spiro atoms. The van der Waals surface area contributed by atoms with E-state index in [1.165, 1.54) is 6.08 Å². The number of nitrogens with one attached hydrogen (secondary N) is 2. The van der Waals surface area contributed by atoms with Crippen LogP contribution in [0.5, 0.6) is 11.5 Å². The predicted molar refractivity (Wildman–Crippen MR) is 147 cm³/mol. The van der Waals surface area contributed by atoms with Gasteiger partial charge in [-0.05, 0) is 54.3 Å². The Balaban J connectivity index is 1.46. The van der Waals surface area contributed by atoms with E-state index in [0.717, 1.165) is 17.6 Å². The molecule has 0 fully saturated rings. The third-order valence-electron chi connectivity index (χ3n) is 6.33. The molecule has 0 aromatic heterocycles. The molecule has 0 radical (unpaired) electrons. The summed E-state index contributed by atoms with van der Waals surface area (Å²) in [6, 6.07) is 15.0. The standard InChI is InChI=1S/C30H38N2O6/c1-21-6-5-9-30(36)32-18-23(33)12-15-25(21)27(34)19-31-17-16-22-10-13-24(14-11-22)38-20-28(35)26-7-3-4-8-29(26)37-2/h3-8,10-15,21,27-28,31,33-35H,9,16-20H2,1-2H3,(H,32,36)/b6-5-,23-12+,25-15+/t21?,27-,28-/m0/s1. The molecule has 0 aliphatic carbocycles. The van der Waals surface area contributed by atoms with E-state index in [0.29, 0.717) is 30.2 Å². The topological polar surface area (TPSA) is 120 Å². The van der Waals surface area contributed by atoms with Crippen LogP contribution in [0.15, 0.2) is 84.2 Å². The average molecular weight is 523 g/mol. The lowest BCUT2D eigenvalue weighted by atomic mass is 9.94. The smallest absolute Gasteiger partial charge is 0.224 e. The second kappa shape index (κ2) is 15.0. The van der Waals surface area contributed by atoms with Crippen LogP contribution >= 0.6 is 0 Å². The molecule has 0 saturated heterocycles. The van der Waals surface area contributed by atoms with E-state index < -0.39 is 12.2 Å². The molecule has 1 aliphatic rings. The third kappa shape index (κ3) is 9.06. The largest absolute Gasteiger partial charge is 0.510 e. The molecule has 1 aliphatic heterocycles. The number of benzene rings is 2. The van der Waals surface area contributed by atoms with Gasteiger partial charge in [0.2, 0.25) is 5.91 Å². The maximum atomic E-state index is 11.7. The predicted octanol–water partition coefficient (Wildman–Crippen LogP) is 3.38. The van der Waals surface area contributed by atoms with Gasteiger partial charge < -0.3 is 35.4 Å². The molecule has 1 amide bonds. The van der Waals surface area contributed by atoms with Gasteiger partial charge >= 0.3 is 0 Å². The monoisotopic (exact) mass is 522 g/mol. The van der Waals surface area contributed by atoms with Crippen LogP contribution < -0.4 is 20.1 Å². The molecular formula is C30H38N2O6. The molecule has 38 heavy (non-hydrogen) atoms. The number of ether oxygens (including phenoxy) is 2. The Kier molecular flexibility index (Phi) is 11.4. The zero-order chi connectivity index (χ0) is 27.3. The fourth-order valence-corrected chi connectivity index (χ4v) is 4.12. The van der Waals surface area contributed by atoms with Gasteiger partial charge in [-0.1, -0.05) is 55.5 Å². The summed E-state index contributed by atoms with van der Waals surface area (Å²) in [4.78, 5) is 11.7. The maximum absolute atomic E-state index is 11.7. The van der Waals surface area contributed by atoms with Gasteiger partial charge in [0.05, 0.1) is 19.8 Å². The first-order valence-corrected chi connectivity index (χ1v) is 12.8. The summed E-state index contributed by atoms with van der Waals surface area (Å²) in [5.74, 6) is 1.07. The summed E-state index contributed by atoms with van der Waals surface area (Å²) in [6.07, 6.45) is 6.36. The van der Waals surface area contributed by atoms with E-state index in [2.05, 4.69) is 10.6 Å². The second-order valence-corrected chi connectivity index (χ2v) is 9.20. The molecule has 2 aromatic rings. The van der Waals surface area contributed by atoms with Crippen molar-refractivity contribution in [2.75, 3.05) is 33.4 Å². The van der Waals surface area contributed by atoms with Crippen LogP contribution in [-0.4, -0.2) is 60.7 Å². The lowest BCUT2D eigenvalue weighted by Gasteiger charge is -2.19. The minimum Gasteiger partial charge on any atom is -0.510 e. The fourth-order valence-electron chi connectivity index (χ4n) is 4.12. The average Bonchev–Trinajstić information content (AvgIpc) is 2.95. The normalized spacial score (nSPS) is 21.5. The zero-order valence-electron chi connectivity index (χ0n) is 22.0. The SMILES string of the molecule is COc1ccccc1[C@@H](O)COc1ccc(CCNC[C@H](O)/C2=C/C=C(/O)CNC(=O)C/C=C\C2C)cc1. The summed E-state index contributed by atoms with van der Waals surface area (Å²) >= 11 is 0. The molecule has 0 bridgehead atoms. The van der Waals surface area contributed by atoms with Crippen molar-refractivity contribution in [1.82, 2.24) is 10.6 Å². The summed E-state index contributed by atoms with van der Waals surface area (Å²) in [5, 5.41) is 37.2. The van der Waals surface area contributed by atoms with Crippen molar-refractivity contribution in [3.05, 3.63) is 95.3 Å². The van der Waals surface area contributed by atoms with Crippen LogP contribution in [0.25, 0.3) is 0 Å². The van der Waals surface area contributed by atoms with Crippen LogP contribution in [0.2, 0.25) is 0 Å². The number of aliphatic hydroxyl groups excluding tert-OH is 3. The van der Waals surface area contributed by atoms with Gasteiger partial charge in [-0.15, -0.1) is 0 Å². The molecule has 5 N–H and O–H groups in total. The Morgan fingerprint density at radius 1 is 1.08 bits per heavy atom. The van der Waals surface area contributed by atoms with Gasteiger partial charge in [-0.25, -0.2) is 0 Å². The third-order valence-corrected chi connectivity index (χ3v) is 6.33. The molecule has 0 saturated carbocycles. The Morgan fingerprint density at radius 3 is 2.61 bits per heavy atom. The van der Waals surface area contributed by atoms with Gasteiger partial charge in [0.1, 0.15) is 30.0 Å². The van der Waals surface area contributed by atoms with E-state index in [-0.39, 0.29) is 37.2 Å². The van der Waals surface area contributed by atoms with Crippen LogP contribution in [0.3, 0.4) is 0 Å². The summed E-state index contributed by atoms with van der Waals surface area (Å²) < 4.78 is 11.1. The molecule has 8 heteroatoms. The number of para-hydroxylation sites is 1. The molecule has 3 atom stereocenters. The van der Waals surface area contributed by atoms with Crippen molar-refractivity contribution in [1.29, 1.82) is 0 Å². The first-order valence-electron chi connectivity index (χ1n) is 12.8. The van der Waals surface area contributed by atoms with E-state index in [1.54, 1.807) is 25.3 Å². The van der Waals surface area contributed by atoms with E-state index in [1.807, 2.05) is 55.5 Å². The van der Waals surface area contributed by atoms with E-state index in [4.69, 9.17) is 9.47 Å². The number of amides is 1. The highest BCUT2D eigenvalue weighted by molar-refractivity contribution is 5.77. The summed E-state index contributed by atoms with van der Waals surface area (Å²) in [6.45, 7) is 3.15. The number of hydrogen-bond donors (Lipinski definition) is 5. The first-order chi connectivity index (χ1) is 18.4. The van der Waals surface area contributed by atoms with Gasteiger partial charge in [-0.3, -0.25) is 4.79 Å². The van der Waals surface area contributed by atoms with Crippen molar-refractivity contribution in [3.8, 4) is 11.5 Å². The zero-order valence-corrected chi connectivity index (χ0v) is 22.0. The van der Waals surface area contributed by atoms with Crippen LogP contribution in [-0.2, 0) is 11.2 Å². The molecule has 204 valence electrons. The van der Waals surface area contributed by atoms with Crippen molar-refractivity contribution in [3.63, 3.8) is 0 Å². The molecule has 1 heterocycles. The quantitative estimate of drug-likeness (QED) is 0.227. The van der Waals surface area contributed by atoms with Crippen molar-refractivity contribution >= 4 is 5.91 Å². The maximum Gasteiger partial charge on any atom is 0.224 e. The molecule has 2 aromatic carbocycles. The van der Waals surface area contributed by atoms with Crippen molar-refractivity contribution in [2.24, 2.45) is 5.92 Å². The molecule has 8 nitrogen and oxygen atoms in total. The number of carbonyl (C=O) groups is 1. The Morgan fingerprint density at radius 2 is 1.84 bits per heavy atom. The first kappa shape index (κ1) is 29.0. The van der Waals surface area contributed by atoms with Gasteiger partial charge in [0, 0.05) is 18.5 Å². The summed E-state index contributed by atoms with van der Waals surface area (Å²) in [7, 11) is 1.57. The number of aliphatic hydroxyl groups is 3. The van der Waals surface area contributed by atoms with Gasteiger partial charge in [0.25, 0.3) is 0 Å². The van der Waals surface area contributed by atoms with E-state index >= 15 is 0 Å². The molecule has 3 rings (SSSR count). The fraction of sp³-hybridized carbons (Fsp3) is 0.367. The highest BCUT2D eigenvalue weighted by Gasteiger charge is 2.16. The number of rotatable bonds is 11. The minimum atomic E-state index is -0.801. The number of hydrogen-bond acceptors (Lipinski definition) is 7. The lowest BCUT2D eigenvalue weighted by Crippen LogP contribution is -2.31. The Hall–Kier alpha value is -3.59. The van der Waals surface area contributed by atoms with Crippen LogP contribution in [0, 0.1) is 5.92 Å². The Labute approximate surface area is 224 Å². The molecule has 1 unspecified atom stereocenters. The highest BCUT2D eigenvalue weighted by atomic mass is 16.5. The Bertz CT molecular complexity index is 1130. The molecular weight excluding hydrogens is 484 g/mol. The van der Waals surface area contributed by atoms with Crippen molar-refractivity contribution in [2.45, 2.75) is 32.0 Å². The lowest BCUT2D eigenvalue weighted by molar-refractivity contribution is -0.120. The van der Waals surface area contributed by atoms with Crippen molar-refractivity contribution < 1.29 is 29.6 Å². The minimum absolute atomic E-state index is 0.0341. The van der Waals surface area contributed by atoms with E-state index in [9.17, 15) is 20.1 Å². The van der Waals surface area contributed by atoms with Gasteiger partial charge in [0.15, 0.2) is 0 Å².